The quantitative estimate of drug-likeness (QED) is 0.844. The zero-order valence-electron chi connectivity index (χ0n) is 8.00. The topological polar surface area (TPSA) is 49.8 Å². The summed E-state index contributed by atoms with van der Waals surface area (Å²) in [7, 11) is 0. The number of nitriles is 1. The Labute approximate surface area is 107 Å². The summed E-state index contributed by atoms with van der Waals surface area (Å²) in [5.41, 5.74) is 6.96. The highest BCUT2D eigenvalue weighted by molar-refractivity contribution is 7.16. The van der Waals surface area contributed by atoms with E-state index in [2.05, 4.69) is 0 Å². The van der Waals surface area contributed by atoms with Crippen LogP contribution in [-0.4, -0.2) is 0 Å². The fraction of sp³-hybridized carbons (Fsp3) is 0. The maximum absolute atomic E-state index is 8.82. The van der Waals surface area contributed by atoms with Crippen molar-refractivity contribution in [2.45, 2.75) is 0 Å². The minimum Gasteiger partial charge on any atom is -0.397 e. The Hall–Kier alpha value is -1.21. The molecule has 0 saturated carbocycles. The van der Waals surface area contributed by atoms with Crippen molar-refractivity contribution in [2.24, 2.45) is 0 Å². The monoisotopic (exact) mass is 268 g/mol. The van der Waals surface area contributed by atoms with Gasteiger partial charge < -0.3 is 5.73 Å². The molecule has 0 radical (unpaired) electrons. The summed E-state index contributed by atoms with van der Waals surface area (Å²) in [5, 5.41) is 10.0. The number of halogens is 2. The lowest BCUT2D eigenvalue weighted by Crippen LogP contribution is -1.81. The maximum atomic E-state index is 8.82. The molecule has 0 aliphatic carbocycles. The van der Waals surface area contributed by atoms with Gasteiger partial charge >= 0.3 is 0 Å². The first-order valence-electron chi connectivity index (χ1n) is 4.36. The normalized spacial score (nSPS) is 10.1. The highest BCUT2D eigenvalue weighted by atomic mass is 35.5. The first kappa shape index (κ1) is 11.3. The van der Waals surface area contributed by atoms with Crippen LogP contribution in [0.15, 0.2) is 24.3 Å². The van der Waals surface area contributed by atoms with Gasteiger partial charge in [-0.05, 0) is 24.3 Å². The molecule has 16 heavy (non-hydrogen) atoms. The van der Waals surface area contributed by atoms with Gasteiger partial charge in [0.1, 0.15) is 10.9 Å². The van der Waals surface area contributed by atoms with Crippen molar-refractivity contribution in [1.29, 1.82) is 5.26 Å². The van der Waals surface area contributed by atoms with Crippen LogP contribution in [0.5, 0.6) is 0 Å². The second-order valence-electron chi connectivity index (χ2n) is 3.13. The van der Waals surface area contributed by atoms with Gasteiger partial charge in [-0.15, -0.1) is 11.3 Å². The number of rotatable bonds is 1. The van der Waals surface area contributed by atoms with E-state index in [1.54, 1.807) is 24.3 Å². The standard InChI is InChI=1S/C11H6Cl2N2S/c12-6-1-2-8(13)7(3-6)10-4-9(15)11(5-14)16-10/h1-4H,15H2. The van der Waals surface area contributed by atoms with Crippen molar-refractivity contribution >= 4 is 40.2 Å². The molecule has 80 valence electrons. The molecular formula is C11H6Cl2N2S. The van der Waals surface area contributed by atoms with E-state index in [4.69, 9.17) is 34.2 Å². The molecular weight excluding hydrogens is 263 g/mol. The van der Waals surface area contributed by atoms with Crippen LogP contribution < -0.4 is 5.73 Å². The molecule has 0 spiro atoms. The zero-order chi connectivity index (χ0) is 11.7. The molecule has 0 amide bonds. The van der Waals surface area contributed by atoms with Gasteiger partial charge in [0.25, 0.3) is 0 Å². The van der Waals surface area contributed by atoms with Crippen molar-refractivity contribution in [3.8, 4) is 16.5 Å². The molecule has 0 aliphatic rings. The van der Waals surface area contributed by atoms with Gasteiger partial charge in [0.2, 0.25) is 0 Å². The molecule has 1 aromatic carbocycles. The van der Waals surface area contributed by atoms with Crippen LogP contribution in [0.1, 0.15) is 4.88 Å². The summed E-state index contributed by atoms with van der Waals surface area (Å²) in [6.45, 7) is 0. The summed E-state index contributed by atoms with van der Waals surface area (Å²) in [4.78, 5) is 1.34. The van der Waals surface area contributed by atoms with Crippen molar-refractivity contribution in [3.63, 3.8) is 0 Å². The van der Waals surface area contributed by atoms with Gasteiger partial charge in [0.15, 0.2) is 0 Å². The summed E-state index contributed by atoms with van der Waals surface area (Å²) in [6.07, 6.45) is 0. The number of nitrogen functional groups attached to an aromatic ring is 1. The largest absolute Gasteiger partial charge is 0.397 e. The molecule has 0 saturated heterocycles. The Morgan fingerprint density at radius 3 is 2.62 bits per heavy atom. The van der Waals surface area contributed by atoms with Crippen LogP contribution >= 0.6 is 34.5 Å². The van der Waals surface area contributed by atoms with E-state index in [9.17, 15) is 0 Å². The molecule has 5 heteroatoms. The second-order valence-corrected chi connectivity index (χ2v) is 5.03. The third-order valence-corrected chi connectivity index (χ3v) is 3.71. The summed E-state index contributed by atoms with van der Waals surface area (Å²) < 4.78 is 0. The fourth-order valence-electron chi connectivity index (χ4n) is 1.31. The van der Waals surface area contributed by atoms with Gasteiger partial charge in [0, 0.05) is 20.5 Å². The number of nitrogens with zero attached hydrogens (tertiary/aromatic N) is 1. The van der Waals surface area contributed by atoms with E-state index < -0.39 is 0 Å². The predicted molar refractivity (Wildman–Crippen MR) is 68.9 cm³/mol. The van der Waals surface area contributed by atoms with E-state index in [0.29, 0.717) is 20.6 Å². The number of hydrogen-bond donors (Lipinski definition) is 1. The second kappa shape index (κ2) is 4.34. The first-order valence-corrected chi connectivity index (χ1v) is 5.94. The lowest BCUT2D eigenvalue weighted by Gasteiger charge is -2.01. The third-order valence-electron chi connectivity index (χ3n) is 2.06. The zero-order valence-corrected chi connectivity index (χ0v) is 10.3. The molecule has 2 rings (SSSR count). The van der Waals surface area contributed by atoms with E-state index >= 15 is 0 Å². The summed E-state index contributed by atoms with van der Waals surface area (Å²) >= 11 is 13.3. The van der Waals surface area contributed by atoms with Crippen LogP contribution in [0.25, 0.3) is 10.4 Å². The number of nitrogens with two attached hydrogens (primary N) is 1. The van der Waals surface area contributed by atoms with Crippen molar-refractivity contribution in [3.05, 3.63) is 39.2 Å². The average Bonchev–Trinajstić information content (AvgIpc) is 2.63. The van der Waals surface area contributed by atoms with E-state index in [-0.39, 0.29) is 0 Å². The predicted octanol–water partition coefficient (Wildman–Crippen LogP) is 4.18. The van der Waals surface area contributed by atoms with E-state index in [1.807, 2.05) is 6.07 Å². The Morgan fingerprint density at radius 1 is 1.25 bits per heavy atom. The van der Waals surface area contributed by atoms with Gasteiger partial charge in [-0.1, -0.05) is 23.2 Å². The SMILES string of the molecule is N#Cc1sc(-c2cc(Cl)ccc2Cl)cc1N. The van der Waals surface area contributed by atoms with Crippen molar-refractivity contribution < 1.29 is 0 Å². The molecule has 0 aliphatic heterocycles. The minimum absolute atomic E-state index is 0.471. The van der Waals surface area contributed by atoms with E-state index in [1.165, 1.54) is 11.3 Å². The Morgan fingerprint density at radius 2 is 2.00 bits per heavy atom. The molecule has 0 unspecified atom stereocenters. The van der Waals surface area contributed by atoms with Crippen molar-refractivity contribution in [1.82, 2.24) is 0 Å². The van der Waals surface area contributed by atoms with Crippen molar-refractivity contribution in [2.75, 3.05) is 5.73 Å². The summed E-state index contributed by atoms with van der Waals surface area (Å²) in [5.74, 6) is 0. The number of benzene rings is 1. The Bertz CT molecular complexity index is 584. The van der Waals surface area contributed by atoms with Crippen LogP contribution in [0.2, 0.25) is 10.0 Å². The number of thiophene rings is 1. The van der Waals surface area contributed by atoms with Gasteiger partial charge in [0.05, 0.1) is 5.69 Å². The first-order chi connectivity index (χ1) is 7.61. The molecule has 2 nitrogen and oxygen atoms in total. The molecule has 0 atom stereocenters. The number of anilines is 1. The van der Waals surface area contributed by atoms with Gasteiger partial charge in [-0.2, -0.15) is 5.26 Å². The van der Waals surface area contributed by atoms with Crippen LogP contribution in [0.3, 0.4) is 0 Å². The Balaban J connectivity index is 2.59. The molecule has 0 bridgehead atoms. The highest BCUT2D eigenvalue weighted by Gasteiger charge is 2.10. The highest BCUT2D eigenvalue weighted by Crippen LogP contribution is 2.37. The molecule has 0 fully saturated rings. The molecule has 1 aromatic heterocycles. The van der Waals surface area contributed by atoms with E-state index in [0.717, 1.165) is 10.4 Å². The van der Waals surface area contributed by atoms with Gasteiger partial charge in [-0.25, -0.2) is 0 Å². The van der Waals surface area contributed by atoms with Crippen LogP contribution in [0, 0.1) is 11.3 Å². The maximum Gasteiger partial charge on any atom is 0.128 e. The lowest BCUT2D eigenvalue weighted by atomic mass is 10.2. The molecule has 2 N–H and O–H groups in total. The fourth-order valence-corrected chi connectivity index (χ4v) is 2.67. The minimum atomic E-state index is 0.471. The third kappa shape index (κ3) is 2.00. The average molecular weight is 269 g/mol. The summed E-state index contributed by atoms with van der Waals surface area (Å²) in [6, 6.07) is 8.98. The van der Waals surface area contributed by atoms with Crippen LogP contribution in [0.4, 0.5) is 5.69 Å². The smallest absolute Gasteiger partial charge is 0.128 e. The Kier molecular flexibility index (Phi) is 3.06. The molecule has 1 heterocycles. The lowest BCUT2D eigenvalue weighted by molar-refractivity contribution is 1.52. The molecule has 2 aromatic rings. The van der Waals surface area contributed by atoms with Gasteiger partial charge in [-0.3, -0.25) is 0 Å². The van der Waals surface area contributed by atoms with Crippen LogP contribution in [-0.2, 0) is 0 Å². The number of hydrogen-bond acceptors (Lipinski definition) is 3.